The highest BCUT2D eigenvalue weighted by Crippen LogP contribution is 2.22. The largest absolute Gasteiger partial charge is 0.387 e. The fourth-order valence-corrected chi connectivity index (χ4v) is 3.34. The molecule has 5 heteroatoms. The quantitative estimate of drug-likeness (QED) is 0.891. The Labute approximate surface area is 122 Å². The van der Waals surface area contributed by atoms with Gasteiger partial charge in [-0.15, -0.1) is 0 Å². The SMILES string of the molecule is Cc1nn(C)c(C)c1CN(C)C[C@@]1(O)CCCN(C)C1. The predicted molar refractivity (Wildman–Crippen MR) is 80.7 cm³/mol. The van der Waals surface area contributed by atoms with Gasteiger partial charge in [0, 0.05) is 37.9 Å². The van der Waals surface area contributed by atoms with Crippen molar-refractivity contribution in [2.45, 2.75) is 38.8 Å². The highest BCUT2D eigenvalue weighted by molar-refractivity contribution is 5.24. The lowest BCUT2D eigenvalue weighted by molar-refractivity contribution is -0.0441. The maximum Gasteiger partial charge on any atom is 0.0900 e. The van der Waals surface area contributed by atoms with Gasteiger partial charge in [-0.1, -0.05) is 0 Å². The maximum atomic E-state index is 10.7. The van der Waals surface area contributed by atoms with Crippen molar-refractivity contribution >= 4 is 0 Å². The second-order valence-corrected chi connectivity index (χ2v) is 6.51. The number of hydrogen-bond acceptors (Lipinski definition) is 4. The molecular weight excluding hydrogens is 252 g/mol. The van der Waals surface area contributed by atoms with Crippen molar-refractivity contribution in [3.05, 3.63) is 17.0 Å². The van der Waals surface area contributed by atoms with Gasteiger partial charge in [-0.2, -0.15) is 5.10 Å². The lowest BCUT2D eigenvalue weighted by Crippen LogP contribution is -2.52. The molecule has 2 rings (SSSR count). The number of hydrogen-bond donors (Lipinski definition) is 1. The molecule has 0 radical (unpaired) electrons. The van der Waals surface area contributed by atoms with Gasteiger partial charge in [0.2, 0.25) is 0 Å². The van der Waals surface area contributed by atoms with E-state index >= 15 is 0 Å². The monoisotopic (exact) mass is 280 g/mol. The normalized spacial score (nSPS) is 24.6. The van der Waals surface area contributed by atoms with Crippen LogP contribution in [0.15, 0.2) is 0 Å². The molecule has 0 amide bonds. The Kier molecular flexibility index (Phi) is 4.52. The molecule has 1 aliphatic rings. The summed E-state index contributed by atoms with van der Waals surface area (Å²) in [5.74, 6) is 0. The summed E-state index contributed by atoms with van der Waals surface area (Å²) in [6.45, 7) is 7.57. The van der Waals surface area contributed by atoms with Crippen LogP contribution in [0, 0.1) is 13.8 Å². The fraction of sp³-hybridized carbons (Fsp3) is 0.800. The molecule has 114 valence electrons. The van der Waals surface area contributed by atoms with Crippen LogP contribution in [-0.4, -0.2) is 64.0 Å². The van der Waals surface area contributed by atoms with Crippen molar-refractivity contribution in [1.29, 1.82) is 0 Å². The summed E-state index contributed by atoms with van der Waals surface area (Å²) in [7, 11) is 6.15. The van der Waals surface area contributed by atoms with Gasteiger partial charge in [0.15, 0.2) is 0 Å². The topological polar surface area (TPSA) is 44.5 Å². The van der Waals surface area contributed by atoms with Crippen molar-refractivity contribution in [1.82, 2.24) is 19.6 Å². The van der Waals surface area contributed by atoms with Crippen molar-refractivity contribution in [3.8, 4) is 0 Å². The van der Waals surface area contributed by atoms with Crippen molar-refractivity contribution < 1.29 is 5.11 Å². The predicted octanol–water partition coefficient (Wildman–Crippen LogP) is 0.925. The number of likely N-dealkylation sites (N-methyl/N-ethyl adjacent to an activating group) is 2. The van der Waals surface area contributed by atoms with Crippen LogP contribution in [-0.2, 0) is 13.6 Å². The highest BCUT2D eigenvalue weighted by atomic mass is 16.3. The minimum atomic E-state index is -0.578. The summed E-state index contributed by atoms with van der Waals surface area (Å²) < 4.78 is 1.93. The van der Waals surface area contributed by atoms with Gasteiger partial charge in [0.05, 0.1) is 11.3 Å². The standard InChI is InChI=1S/C15H28N4O/c1-12-14(13(2)19(5)16-12)9-18(4)11-15(20)7-6-8-17(3)10-15/h20H,6-11H2,1-5H3/t15-/m1/s1. The first-order chi connectivity index (χ1) is 9.31. The van der Waals surface area contributed by atoms with E-state index in [1.807, 2.05) is 11.7 Å². The molecule has 0 aliphatic carbocycles. The first-order valence-corrected chi connectivity index (χ1v) is 7.39. The number of likely N-dealkylation sites (tertiary alicyclic amines) is 1. The van der Waals surface area contributed by atoms with E-state index in [0.717, 1.165) is 38.2 Å². The number of aliphatic hydroxyl groups is 1. The van der Waals surface area contributed by atoms with E-state index in [-0.39, 0.29) is 0 Å². The molecule has 0 bridgehead atoms. The highest BCUT2D eigenvalue weighted by Gasteiger charge is 2.33. The average Bonchev–Trinajstić information content (AvgIpc) is 2.55. The molecule has 0 aromatic carbocycles. The van der Waals surface area contributed by atoms with E-state index in [9.17, 15) is 5.11 Å². The number of aromatic nitrogens is 2. The number of nitrogens with zero attached hydrogens (tertiary/aromatic N) is 4. The summed E-state index contributed by atoms with van der Waals surface area (Å²) in [6, 6.07) is 0. The molecule has 1 fully saturated rings. The zero-order valence-corrected chi connectivity index (χ0v) is 13.5. The van der Waals surface area contributed by atoms with E-state index in [0.29, 0.717) is 6.54 Å². The van der Waals surface area contributed by atoms with Gasteiger partial charge in [-0.05, 0) is 47.3 Å². The first-order valence-electron chi connectivity index (χ1n) is 7.39. The Morgan fingerprint density at radius 3 is 2.60 bits per heavy atom. The van der Waals surface area contributed by atoms with Crippen LogP contribution >= 0.6 is 0 Å². The van der Waals surface area contributed by atoms with E-state index in [1.165, 1.54) is 11.3 Å². The average molecular weight is 280 g/mol. The zero-order chi connectivity index (χ0) is 14.9. The van der Waals surface area contributed by atoms with Crippen LogP contribution in [0.4, 0.5) is 0 Å². The van der Waals surface area contributed by atoms with E-state index < -0.39 is 5.60 Å². The Hall–Kier alpha value is -0.910. The molecule has 1 atom stereocenters. The van der Waals surface area contributed by atoms with Gasteiger partial charge >= 0.3 is 0 Å². The second kappa shape index (κ2) is 5.84. The first kappa shape index (κ1) is 15.5. The third-order valence-corrected chi connectivity index (χ3v) is 4.40. The van der Waals surface area contributed by atoms with Crippen molar-refractivity contribution in [3.63, 3.8) is 0 Å². The molecule has 1 aromatic rings. The molecule has 1 aromatic heterocycles. The molecular formula is C15H28N4O. The van der Waals surface area contributed by atoms with Gasteiger partial charge in [0.25, 0.3) is 0 Å². The summed E-state index contributed by atoms with van der Waals surface area (Å²) in [5, 5.41) is 15.2. The fourth-order valence-electron chi connectivity index (χ4n) is 3.34. The molecule has 2 heterocycles. The number of β-amino-alcohol motifs (C(OH)–C–C–N with tert-alkyl or cyclic N) is 1. The lowest BCUT2D eigenvalue weighted by Gasteiger charge is -2.39. The molecule has 1 aliphatic heterocycles. The van der Waals surface area contributed by atoms with Gasteiger partial charge < -0.3 is 10.0 Å². The van der Waals surface area contributed by atoms with E-state index in [2.05, 4.69) is 42.8 Å². The summed E-state index contributed by atoms with van der Waals surface area (Å²) >= 11 is 0. The molecule has 20 heavy (non-hydrogen) atoms. The van der Waals surface area contributed by atoms with Gasteiger partial charge in [-0.3, -0.25) is 9.58 Å². The Bertz CT molecular complexity index is 471. The smallest absolute Gasteiger partial charge is 0.0900 e. The summed E-state index contributed by atoms with van der Waals surface area (Å²) in [4.78, 5) is 4.44. The molecule has 1 N–H and O–H groups in total. The van der Waals surface area contributed by atoms with E-state index in [1.54, 1.807) is 0 Å². The maximum absolute atomic E-state index is 10.7. The zero-order valence-electron chi connectivity index (χ0n) is 13.5. The summed E-state index contributed by atoms with van der Waals surface area (Å²) in [5.41, 5.74) is 3.00. The third-order valence-electron chi connectivity index (χ3n) is 4.40. The Morgan fingerprint density at radius 2 is 2.05 bits per heavy atom. The van der Waals surface area contributed by atoms with Crippen LogP contribution < -0.4 is 0 Å². The Balaban J connectivity index is 2.00. The summed E-state index contributed by atoms with van der Waals surface area (Å²) in [6.07, 6.45) is 1.97. The number of piperidine rings is 1. The molecule has 0 unspecified atom stereocenters. The van der Waals surface area contributed by atoms with Gasteiger partial charge in [-0.25, -0.2) is 0 Å². The van der Waals surface area contributed by atoms with Crippen molar-refractivity contribution in [2.24, 2.45) is 7.05 Å². The minimum absolute atomic E-state index is 0.578. The van der Waals surface area contributed by atoms with Crippen LogP contribution in [0.1, 0.15) is 29.8 Å². The molecule has 1 saturated heterocycles. The van der Waals surface area contributed by atoms with Crippen molar-refractivity contribution in [2.75, 3.05) is 33.7 Å². The second-order valence-electron chi connectivity index (χ2n) is 6.51. The molecule has 0 saturated carbocycles. The van der Waals surface area contributed by atoms with Crippen LogP contribution in [0.3, 0.4) is 0 Å². The number of aryl methyl sites for hydroxylation is 2. The molecule has 0 spiro atoms. The lowest BCUT2D eigenvalue weighted by atomic mass is 9.92. The van der Waals surface area contributed by atoms with Crippen LogP contribution in [0.5, 0.6) is 0 Å². The van der Waals surface area contributed by atoms with E-state index in [4.69, 9.17) is 0 Å². The third kappa shape index (κ3) is 3.40. The van der Waals surface area contributed by atoms with Crippen LogP contribution in [0.25, 0.3) is 0 Å². The number of rotatable bonds is 4. The molecule has 5 nitrogen and oxygen atoms in total. The minimum Gasteiger partial charge on any atom is -0.387 e. The van der Waals surface area contributed by atoms with Crippen LogP contribution in [0.2, 0.25) is 0 Å². The Morgan fingerprint density at radius 1 is 1.35 bits per heavy atom. The van der Waals surface area contributed by atoms with Gasteiger partial charge in [0.1, 0.15) is 0 Å².